The van der Waals surface area contributed by atoms with Gasteiger partial charge in [0.25, 0.3) is 0 Å². The first kappa shape index (κ1) is 21.9. The molecule has 4 rings (SSSR count). The van der Waals surface area contributed by atoms with Crippen LogP contribution < -0.4 is 5.69 Å². The number of carboxylic acids is 1. The van der Waals surface area contributed by atoms with Crippen molar-refractivity contribution < 1.29 is 14.6 Å². The predicted molar refractivity (Wildman–Crippen MR) is 121 cm³/mol. The number of carbonyl (C=O) groups is 1. The fraction of sp³-hybridized carbons (Fsp3) is 0.360. The third-order valence-corrected chi connectivity index (χ3v) is 5.94. The van der Waals surface area contributed by atoms with Crippen molar-refractivity contribution in [1.82, 2.24) is 14.8 Å². The lowest BCUT2D eigenvalue weighted by molar-refractivity contribution is -0.142. The summed E-state index contributed by atoms with van der Waals surface area (Å²) in [6.45, 7) is 0.757. The average molecular weight is 434 g/mol. The van der Waals surface area contributed by atoms with E-state index in [2.05, 4.69) is 4.98 Å². The monoisotopic (exact) mass is 433 g/mol. The third kappa shape index (κ3) is 5.48. The molecule has 7 heteroatoms. The summed E-state index contributed by atoms with van der Waals surface area (Å²) in [6.07, 6.45) is 3.83. The molecule has 166 valence electrons. The fourth-order valence-electron chi connectivity index (χ4n) is 4.26. The van der Waals surface area contributed by atoms with Crippen LogP contribution in [0.3, 0.4) is 0 Å². The Bertz CT molecular complexity index is 1090. The summed E-state index contributed by atoms with van der Waals surface area (Å²) < 4.78 is 6.75. The van der Waals surface area contributed by atoms with E-state index in [0.29, 0.717) is 36.4 Å². The number of hydrogen-bond acceptors (Lipinski definition) is 5. The van der Waals surface area contributed by atoms with Crippen LogP contribution in [-0.2, 0) is 16.1 Å². The standard InChI is InChI=1S/C25H27N3O4/c29-22(30)17-32-16-19-13-11-18(12-14-19)15-28-25(31)26-23(20-7-3-1-4-8-20)24(27-28)21-9-5-2-6-10-21/h1-10,18-19H,11-17H2,(H,29,30)/t18-,19+. The van der Waals surface area contributed by atoms with E-state index < -0.39 is 5.97 Å². The van der Waals surface area contributed by atoms with E-state index in [0.717, 1.165) is 36.8 Å². The Balaban J connectivity index is 1.52. The molecule has 0 radical (unpaired) electrons. The zero-order chi connectivity index (χ0) is 22.3. The van der Waals surface area contributed by atoms with Crippen LogP contribution in [0.1, 0.15) is 25.7 Å². The van der Waals surface area contributed by atoms with Crippen molar-refractivity contribution >= 4 is 5.97 Å². The second-order valence-corrected chi connectivity index (χ2v) is 8.30. The number of ether oxygens (including phenoxy) is 1. The fourth-order valence-corrected chi connectivity index (χ4v) is 4.26. The lowest BCUT2D eigenvalue weighted by atomic mass is 9.82. The minimum atomic E-state index is -0.940. The highest BCUT2D eigenvalue weighted by Crippen LogP contribution is 2.31. The van der Waals surface area contributed by atoms with Crippen LogP contribution in [-0.4, -0.2) is 39.1 Å². The van der Waals surface area contributed by atoms with Gasteiger partial charge in [-0.1, -0.05) is 60.7 Å². The predicted octanol–water partition coefficient (Wildman–Crippen LogP) is 3.88. The molecule has 7 nitrogen and oxygen atoms in total. The summed E-state index contributed by atoms with van der Waals surface area (Å²) in [4.78, 5) is 27.9. The molecule has 1 aliphatic carbocycles. The molecule has 1 aliphatic rings. The van der Waals surface area contributed by atoms with Crippen molar-refractivity contribution in [2.45, 2.75) is 32.2 Å². The Kier molecular flexibility index (Phi) is 7.07. The second kappa shape index (κ2) is 10.3. The summed E-state index contributed by atoms with van der Waals surface area (Å²) >= 11 is 0. The summed E-state index contributed by atoms with van der Waals surface area (Å²) in [5, 5.41) is 13.5. The normalized spacial score (nSPS) is 18.4. The Morgan fingerprint density at radius 3 is 2.06 bits per heavy atom. The molecule has 1 aromatic heterocycles. The molecule has 0 unspecified atom stereocenters. The molecule has 0 atom stereocenters. The minimum absolute atomic E-state index is 0.249. The Labute approximate surface area is 186 Å². The first-order chi connectivity index (χ1) is 15.6. The molecule has 2 aromatic carbocycles. The number of hydrogen-bond donors (Lipinski definition) is 1. The van der Waals surface area contributed by atoms with Crippen molar-refractivity contribution in [1.29, 1.82) is 0 Å². The molecular formula is C25H27N3O4. The van der Waals surface area contributed by atoms with Gasteiger partial charge in [0, 0.05) is 17.7 Å². The third-order valence-electron chi connectivity index (χ3n) is 5.94. The van der Waals surface area contributed by atoms with Gasteiger partial charge < -0.3 is 9.84 Å². The quantitative estimate of drug-likeness (QED) is 0.579. The molecule has 1 N–H and O–H groups in total. The zero-order valence-corrected chi connectivity index (χ0v) is 17.9. The molecule has 0 aliphatic heterocycles. The zero-order valence-electron chi connectivity index (χ0n) is 17.9. The molecule has 0 amide bonds. The highest BCUT2D eigenvalue weighted by atomic mass is 16.5. The number of benzene rings is 2. The van der Waals surface area contributed by atoms with Gasteiger partial charge in [-0.05, 0) is 37.5 Å². The SMILES string of the molecule is O=C(O)COC[C@H]1CC[C@@H](Cn2nc(-c3ccccc3)c(-c3ccccc3)nc2=O)CC1. The minimum Gasteiger partial charge on any atom is -0.480 e. The molecule has 3 aromatic rings. The van der Waals surface area contributed by atoms with Gasteiger partial charge in [0.1, 0.15) is 18.0 Å². The van der Waals surface area contributed by atoms with Crippen molar-refractivity contribution in [3.05, 3.63) is 71.1 Å². The van der Waals surface area contributed by atoms with Gasteiger partial charge in [-0.15, -0.1) is 0 Å². The van der Waals surface area contributed by atoms with Crippen LogP contribution >= 0.6 is 0 Å². The van der Waals surface area contributed by atoms with Gasteiger partial charge in [0.05, 0.1) is 6.61 Å². The van der Waals surface area contributed by atoms with Crippen molar-refractivity contribution in [2.24, 2.45) is 11.8 Å². The summed E-state index contributed by atoms with van der Waals surface area (Å²) in [5.41, 5.74) is 2.75. The van der Waals surface area contributed by atoms with Crippen molar-refractivity contribution in [3.8, 4) is 22.5 Å². The van der Waals surface area contributed by atoms with Crippen LogP contribution in [0.25, 0.3) is 22.5 Å². The smallest absolute Gasteiger partial charge is 0.364 e. The number of carboxylic acid groups (broad SMARTS) is 1. The Morgan fingerprint density at radius 2 is 1.47 bits per heavy atom. The molecule has 1 fully saturated rings. The number of aromatic nitrogens is 3. The van der Waals surface area contributed by atoms with E-state index in [1.54, 1.807) is 0 Å². The van der Waals surface area contributed by atoms with Gasteiger partial charge in [0.15, 0.2) is 0 Å². The first-order valence-corrected chi connectivity index (χ1v) is 11.0. The van der Waals surface area contributed by atoms with E-state index in [1.807, 2.05) is 60.7 Å². The molecule has 32 heavy (non-hydrogen) atoms. The Hall–Kier alpha value is -3.32. The average Bonchev–Trinajstić information content (AvgIpc) is 2.82. The largest absolute Gasteiger partial charge is 0.480 e. The highest BCUT2D eigenvalue weighted by Gasteiger charge is 2.23. The van der Waals surface area contributed by atoms with Crippen LogP contribution in [0.4, 0.5) is 0 Å². The lowest BCUT2D eigenvalue weighted by Gasteiger charge is -2.28. The maximum atomic E-state index is 12.9. The number of aliphatic carboxylic acids is 1. The second-order valence-electron chi connectivity index (χ2n) is 8.30. The van der Waals surface area contributed by atoms with Gasteiger partial charge in [-0.3, -0.25) is 0 Å². The molecular weight excluding hydrogens is 406 g/mol. The van der Waals surface area contributed by atoms with E-state index in [9.17, 15) is 9.59 Å². The summed E-state index contributed by atoms with van der Waals surface area (Å²) in [5.74, 6) is -0.234. The number of rotatable bonds is 8. The maximum Gasteiger partial charge on any atom is 0.364 e. The van der Waals surface area contributed by atoms with Crippen molar-refractivity contribution in [3.63, 3.8) is 0 Å². The van der Waals surface area contributed by atoms with Gasteiger partial charge in [-0.25, -0.2) is 14.3 Å². The highest BCUT2D eigenvalue weighted by molar-refractivity contribution is 5.77. The van der Waals surface area contributed by atoms with Gasteiger partial charge >= 0.3 is 11.7 Å². The molecule has 1 saturated carbocycles. The van der Waals surface area contributed by atoms with Crippen LogP contribution in [0.2, 0.25) is 0 Å². The van der Waals surface area contributed by atoms with E-state index >= 15 is 0 Å². The molecule has 0 bridgehead atoms. The van der Waals surface area contributed by atoms with Gasteiger partial charge in [0.2, 0.25) is 0 Å². The maximum absolute atomic E-state index is 12.9. The van der Waals surface area contributed by atoms with Crippen LogP contribution in [0.5, 0.6) is 0 Å². The molecule has 1 heterocycles. The lowest BCUT2D eigenvalue weighted by Crippen LogP contribution is -2.31. The summed E-state index contributed by atoms with van der Waals surface area (Å²) in [6, 6.07) is 19.5. The molecule has 0 spiro atoms. The first-order valence-electron chi connectivity index (χ1n) is 11.0. The number of nitrogens with zero attached hydrogens (tertiary/aromatic N) is 3. The van der Waals surface area contributed by atoms with Crippen molar-refractivity contribution in [2.75, 3.05) is 13.2 Å². The van der Waals surface area contributed by atoms with Gasteiger partial charge in [-0.2, -0.15) is 10.1 Å². The summed E-state index contributed by atoms with van der Waals surface area (Å²) in [7, 11) is 0. The van der Waals surface area contributed by atoms with Crippen LogP contribution in [0.15, 0.2) is 65.5 Å². The van der Waals surface area contributed by atoms with E-state index in [4.69, 9.17) is 14.9 Å². The van der Waals surface area contributed by atoms with E-state index in [1.165, 1.54) is 4.68 Å². The Morgan fingerprint density at radius 1 is 0.906 bits per heavy atom. The molecule has 0 saturated heterocycles. The topological polar surface area (TPSA) is 94.3 Å². The van der Waals surface area contributed by atoms with Crippen LogP contribution in [0, 0.1) is 11.8 Å². The van der Waals surface area contributed by atoms with E-state index in [-0.39, 0.29) is 12.3 Å².